The molecule has 0 radical (unpaired) electrons. The average molecular weight is 221 g/mol. The second-order valence-corrected chi connectivity index (χ2v) is 4.27. The van der Waals surface area contributed by atoms with Crippen molar-refractivity contribution < 1.29 is 0 Å². The van der Waals surface area contributed by atoms with Crippen molar-refractivity contribution in [2.75, 3.05) is 0 Å². The van der Waals surface area contributed by atoms with Gasteiger partial charge in [0.2, 0.25) is 0 Å². The highest BCUT2D eigenvalue weighted by Crippen LogP contribution is 2.29. The number of benzene rings is 1. The quantitative estimate of drug-likeness (QED) is 0.447. The Morgan fingerprint density at radius 1 is 1.00 bits per heavy atom. The van der Waals surface area contributed by atoms with Gasteiger partial charge in [-0.05, 0) is 23.8 Å². The maximum Gasteiger partial charge on any atom is 0.157 e. The molecule has 82 valence electrons. The van der Waals surface area contributed by atoms with Crippen LogP contribution in [-0.2, 0) is 6.54 Å². The van der Waals surface area contributed by atoms with Gasteiger partial charge >= 0.3 is 0 Å². The Bertz CT molecular complexity index is 691. The van der Waals surface area contributed by atoms with E-state index in [1.807, 2.05) is 12.4 Å². The van der Waals surface area contributed by atoms with Gasteiger partial charge in [0.05, 0.1) is 17.9 Å². The van der Waals surface area contributed by atoms with E-state index >= 15 is 0 Å². The van der Waals surface area contributed by atoms with E-state index in [-0.39, 0.29) is 0 Å². The van der Waals surface area contributed by atoms with E-state index < -0.39 is 0 Å². The van der Waals surface area contributed by atoms with Crippen molar-refractivity contribution in [3.63, 3.8) is 0 Å². The zero-order valence-electron chi connectivity index (χ0n) is 9.24. The second kappa shape index (κ2) is 3.10. The summed E-state index contributed by atoms with van der Waals surface area (Å²) in [7, 11) is 0. The molecule has 3 heterocycles. The standard InChI is InChI=1S/C14H11N3/c1-2-5-12-11(4-1)10-16-9-7-15-14(16)13-6-3-8-17(12)13/h1-9H,10H2. The third kappa shape index (κ3) is 1.13. The number of fused-ring (bicyclic) bond motifs is 5. The molecule has 17 heavy (non-hydrogen) atoms. The minimum absolute atomic E-state index is 0.882. The predicted octanol–water partition coefficient (Wildman–Crippen LogP) is 2.70. The van der Waals surface area contributed by atoms with Crippen LogP contribution in [0.2, 0.25) is 0 Å². The lowest BCUT2D eigenvalue weighted by Gasteiger charge is -2.08. The van der Waals surface area contributed by atoms with Crippen molar-refractivity contribution in [3.8, 4) is 17.2 Å². The molecule has 0 saturated heterocycles. The molecule has 3 aromatic rings. The second-order valence-electron chi connectivity index (χ2n) is 4.27. The maximum absolute atomic E-state index is 4.46. The first-order valence-corrected chi connectivity index (χ1v) is 5.70. The topological polar surface area (TPSA) is 22.8 Å². The van der Waals surface area contributed by atoms with Crippen molar-refractivity contribution in [1.29, 1.82) is 0 Å². The van der Waals surface area contributed by atoms with Gasteiger partial charge in [0.25, 0.3) is 0 Å². The third-order valence-electron chi connectivity index (χ3n) is 3.29. The first kappa shape index (κ1) is 8.82. The number of hydrogen-bond acceptors (Lipinski definition) is 1. The van der Waals surface area contributed by atoms with Crippen molar-refractivity contribution in [2.45, 2.75) is 6.54 Å². The van der Waals surface area contributed by atoms with Gasteiger partial charge in [-0.25, -0.2) is 4.98 Å². The molecule has 4 rings (SSSR count). The van der Waals surface area contributed by atoms with Gasteiger partial charge in [-0.15, -0.1) is 0 Å². The Labute approximate surface area is 99.0 Å². The molecule has 3 heteroatoms. The zero-order chi connectivity index (χ0) is 11.2. The van der Waals surface area contributed by atoms with E-state index in [0.29, 0.717) is 0 Å². The van der Waals surface area contributed by atoms with Gasteiger partial charge in [-0.1, -0.05) is 18.2 Å². The zero-order valence-corrected chi connectivity index (χ0v) is 9.24. The molecular formula is C14H11N3. The van der Waals surface area contributed by atoms with Crippen LogP contribution in [0, 0.1) is 0 Å². The molecule has 3 nitrogen and oxygen atoms in total. The van der Waals surface area contributed by atoms with E-state index in [1.165, 1.54) is 11.3 Å². The molecule has 0 spiro atoms. The summed E-state index contributed by atoms with van der Waals surface area (Å²) in [5, 5.41) is 0. The fourth-order valence-corrected chi connectivity index (χ4v) is 2.51. The van der Waals surface area contributed by atoms with Gasteiger partial charge in [0, 0.05) is 18.6 Å². The number of para-hydroxylation sites is 1. The summed E-state index contributed by atoms with van der Waals surface area (Å²) in [6.07, 6.45) is 5.99. The van der Waals surface area contributed by atoms with E-state index in [1.54, 1.807) is 0 Å². The molecule has 2 aromatic heterocycles. The minimum Gasteiger partial charge on any atom is -0.325 e. The van der Waals surface area contributed by atoms with Crippen LogP contribution in [0.15, 0.2) is 55.0 Å². The maximum atomic E-state index is 4.46. The van der Waals surface area contributed by atoms with Crippen LogP contribution in [0.4, 0.5) is 0 Å². The highest BCUT2D eigenvalue weighted by molar-refractivity contribution is 5.60. The molecule has 0 fully saturated rings. The molecular weight excluding hydrogens is 210 g/mol. The lowest BCUT2D eigenvalue weighted by Crippen LogP contribution is -1.98. The van der Waals surface area contributed by atoms with E-state index in [0.717, 1.165) is 18.1 Å². The number of rotatable bonds is 0. The van der Waals surface area contributed by atoms with E-state index in [2.05, 4.69) is 56.7 Å². The van der Waals surface area contributed by atoms with Crippen LogP contribution < -0.4 is 0 Å². The Morgan fingerprint density at radius 3 is 2.94 bits per heavy atom. The monoisotopic (exact) mass is 221 g/mol. The van der Waals surface area contributed by atoms with Crippen molar-refractivity contribution in [3.05, 3.63) is 60.6 Å². The summed E-state index contributed by atoms with van der Waals surface area (Å²) >= 11 is 0. The van der Waals surface area contributed by atoms with Crippen molar-refractivity contribution in [1.82, 2.24) is 14.1 Å². The van der Waals surface area contributed by atoms with Crippen LogP contribution in [0.5, 0.6) is 0 Å². The van der Waals surface area contributed by atoms with Crippen molar-refractivity contribution in [2.24, 2.45) is 0 Å². The summed E-state index contributed by atoms with van der Waals surface area (Å²) in [5.41, 5.74) is 3.72. The summed E-state index contributed by atoms with van der Waals surface area (Å²) in [6, 6.07) is 12.7. The Hall–Kier alpha value is -2.29. The lowest BCUT2D eigenvalue weighted by atomic mass is 10.2. The molecule has 0 saturated carbocycles. The summed E-state index contributed by atoms with van der Waals surface area (Å²) in [4.78, 5) is 4.46. The molecule has 0 N–H and O–H groups in total. The molecule has 1 aromatic carbocycles. The highest BCUT2D eigenvalue weighted by Gasteiger charge is 2.17. The Kier molecular flexibility index (Phi) is 1.61. The van der Waals surface area contributed by atoms with Gasteiger partial charge < -0.3 is 9.13 Å². The van der Waals surface area contributed by atoms with Crippen molar-refractivity contribution >= 4 is 0 Å². The normalized spacial score (nSPS) is 12.5. The lowest BCUT2D eigenvalue weighted by molar-refractivity contribution is 0.813. The van der Waals surface area contributed by atoms with Crippen LogP contribution in [0.1, 0.15) is 5.56 Å². The number of hydrogen-bond donors (Lipinski definition) is 0. The summed E-state index contributed by atoms with van der Waals surface area (Å²) in [6.45, 7) is 0.882. The number of aromatic nitrogens is 3. The first-order chi connectivity index (χ1) is 8.43. The van der Waals surface area contributed by atoms with Gasteiger partial charge in [-0.2, -0.15) is 0 Å². The molecule has 0 aliphatic carbocycles. The smallest absolute Gasteiger partial charge is 0.157 e. The molecule has 0 bridgehead atoms. The van der Waals surface area contributed by atoms with Gasteiger partial charge in [-0.3, -0.25) is 0 Å². The fraction of sp³-hybridized carbons (Fsp3) is 0.0714. The first-order valence-electron chi connectivity index (χ1n) is 5.70. The number of imidazole rings is 1. The SMILES string of the molecule is c1ccc2c(c1)Cn1ccnc1-c1cccn1-2. The summed E-state index contributed by atoms with van der Waals surface area (Å²) in [5.74, 6) is 1.03. The van der Waals surface area contributed by atoms with E-state index in [9.17, 15) is 0 Å². The van der Waals surface area contributed by atoms with E-state index in [4.69, 9.17) is 0 Å². The van der Waals surface area contributed by atoms with Crippen LogP contribution in [0.3, 0.4) is 0 Å². The predicted molar refractivity (Wildman–Crippen MR) is 66.1 cm³/mol. The van der Waals surface area contributed by atoms with Crippen LogP contribution >= 0.6 is 0 Å². The van der Waals surface area contributed by atoms with Gasteiger partial charge in [0.1, 0.15) is 0 Å². The molecule has 1 aliphatic heterocycles. The summed E-state index contributed by atoms with van der Waals surface area (Å²) < 4.78 is 4.40. The molecule has 0 amide bonds. The average Bonchev–Trinajstić information content (AvgIpc) is 2.96. The van der Waals surface area contributed by atoms with Gasteiger partial charge in [0.15, 0.2) is 5.82 Å². The highest BCUT2D eigenvalue weighted by atomic mass is 15.1. The molecule has 1 aliphatic rings. The molecule has 0 unspecified atom stereocenters. The fourth-order valence-electron chi connectivity index (χ4n) is 2.51. The largest absolute Gasteiger partial charge is 0.325 e. The number of nitrogens with zero attached hydrogens (tertiary/aromatic N) is 3. The van der Waals surface area contributed by atoms with Crippen LogP contribution in [0.25, 0.3) is 17.2 Å². The Morgan fingerprint density at radius 2 is 1.94 bits per heavy atom. The third-order valence-corrected chi connectivity index (χ3v) is 3.29. The molecule has 0 atom stereocenters. The Balaban J connectivity index is 2.12. The van der Waals surface area contributed by atoms with Crippen LogP contribution in [-0.4, -0.2) is 14.1 Å². The minimum atomic E-state index is 0.882.